The molecule has 0 bridgehead atoms. The molecule has 0 saturated carbocycles. The lowest BCUT2D eigenvalue weighted by molar-refractivity contribution is -0.127. The van der Waals surface area contributed by atoms with Crippen molar-refractivity contribution in [3.05, 3.63) is 30.3 Å². The third-order valence-electron chi connectivity index (χ3n) is 2.40. The molecule has 0 aliphatic carbocycles. The van der Waals surface area contributed by atoms with Crippen molar-refractivity contribution in [2.75, 3.05) is 18.5 Å². The van der Waals surface area contributed by atoms with E-state index in [9.17, 15) is 9.59 Å². The molecule has 1 rings (SSSR count). The van der Waals surface area contributed by atoms with Gasteiger partial charge in [-0.15, -0.1) is 0 Å². The summed E-state index contributed by atoms with van der Waals surface area (Å²) in [6, 6.07) is 9.27. The van der Waals surface area contributed by atoms with Crippen molar-refractivity contribution >= 4 is 17.5 Å². The average molecular weight is 234 g/mol. The predicted molar refractivity (Wildman–Crippen MR) is 67.8 cm³/mol. The maximum atomic E-state index is 11.8. The van der Waals surface area contributed by atoms with E-state index in [0.29, 0.717) is 6.54 Å². The summed E-state index contributed by atoms with van der Waals surface area (Å²) in [7, 11) is 1.67. The smallest absolute Gasteiger partial charge is 0.236 e. The third kappa shape index (κ3) is 4.26. The van der Waals surface area contributed by atoms with Gasteiger partial charge in [0.2, 0.25) is 11.8 Å². The van der Waals surface area contributed by atoms with Gasteiger partial charge in [-0.25, -0.2) is 0 Å². The molecule has 1 N–H and O–H groups in total. The summed E-state index contributed by atoms with van der Waals surface area (Å²) in [4.78, 5) is 24.7. The Hall–Kier alpha value is -1.84. The summed E-state index contributed by atoms with van der Waals surface area (Å²) in [6.45, 7) is 2.58. The second-order valence-corrected chi connectivity index (χ2v) is 3.82. The van der Waals surface area contributed by atoms with E-state index in [1.807, 2.05) is 37.3 Å². The van der Waals surface area contributed by atoms with Crippen LogP contribution < -0.4 is 10.2 Å². The number of carbonyl (C=O) groups excluding carboxylic acids is 2. The van der Waals surface area contributed by atoms with E-state index in [0.717, 1.165) is 12.1 Å². The fourth-order valence-corrected chi connectivity index (χ4v) is 1.38. The first-order valence-corrected chi connectivity index (χ1v) is 5.73. The van der Waals surface area contributed by atoms with Crippen LogP contribution in [-0.2, 0) is 9.59 Å². The zero-order valence-electron chi connectivity index (χ0n) is 10.3. The largest absolute Gasteiger partial charge is 0.356 e. The van der Waals surface area contributed by atoms with Crippen LogP contribution in [0.2, 0.25) is 0 Å². The van der Waals surface area contributed by atoms with Crippen molar-refractivity contribution in [3.8, 4) is 0 Å². The van der Waals surface area contributed by atoms with E-state index in [1.165, 1.54) is 4.90 Å². The Morgan fingerprint density at radius 3 is 2.47 bits per heavy atom. The Kier molecular flexibility index (Phi) is 5.20. The van der Waals surface area contributed by atoms with Gasteiger partial charge in [0, 0.05) is 19.3 Å². The number of para-hydroxylation sites is 1. The first kappa shape index (κ1) is 13.2. The lowest BCUT2D eigenvalue weighted by Crippen LogP contribution is -2.33. The Labute approximate surface area is 102 Å². The second kappa shape index (κ2) is 6.68. The van der Waals surface area contributed by atoms with Crippen LogP contribution >= 0.6 is 0 Å². The highest BCUT2D eigenvalue weighted by molar-refractivity contribution is 6.04. The number of carbonyl (C=O) groups is 2. The molecule has 0 aliphatic heterocycles. The highest BCUT2D eigenvalue weighted by Crippen LogP contribution is 2.11. The lowest BCUT2D eigenvalue weighted by Gasteiger charge is -2.16. The number of amides is 2. The Balaban J connectivity index is 2.50. The number of nitrogens with one attached hydrogen (secondary N) is 1. The molecule has 0 fully saturated rings. The molecule has 17 heavy (non-hydrogen) atoms. The van der Waals surface area contributed by atoms with E-state index in [-0.39, 0.29) is 18.2 Å². The molecule has 0 saturated heterocycles. The molecule has 0 radical (unpaired) electrons. The van der Waals surface area contributed by atoms with Crippen LogP contribution in [-0.4, -0.2) is 25.4 Å². The van der Waals surface area contributed by atoms with Crippen molar-refractivity contribution in [2.24, 2.45) is 0 Å². The average Bonchev–Trinajstić information content (AvgIpc) is 2.36. The number of hydrogen-bond donors (Lipinski definition) is 1. The van der Waals surface area contributed by atoms with Gasteiger partial charge in [-0.05, 0) is 18.6 Å². The van der Waals surface area contributed by atoms with Crippen molar-refractivity contribution < 1.29 is 9.59 Å². The van der Waals surface area contributed by atoms with Gasteiger partial charge in [0.05, 0.1) is 0 Å². The van der Waals surface area contributed by atoms with Crippen LogP contribution in [0.3, 0.4) is 0 Å². The summed E-state index contributed by atoms with van der Waals surface area (Å²) in [6.07, 6.45) is 0.764. The first-order chi connectivity index (χ1) is 8.15. The number of rotatable bonds is 5. The minimum Gasteiger partial charge on any atom is -0.356 e. The van der Waals surface area contributed by atoms with Crippen LogP contribution in [0.25, 0.3) is 0 Å². The molecule has 0 unspecified atom stereocenters. The minimum atomic E-state index is -0.223. The van der Waals surface area contributed by atoms with Gasteiger partial charge in [-0.2, -0.15) is 0 Å². The quantitative estimate of drug-likeness (QED) is 0.786. The van der Waals surface area contributed by atoms with E-state index >= 15 is 0 Å². The molecule has 1 aromatic rings. The van der Waals surface area contributed by atoms with E-state index in [1.54, 1.807) is 7.05 Å². The fraction of sp³-hybridized carbons (Fsp3) is 0.385. The van der Waals surface area contributed by atoms with Crippen molar-refractivity contribution in [1.82, 2.24) is 5.32 Å². The van der Waals surface area contributed by atoms with E-state index in [4.69, 9.17) is 0 Å². The molecule has 2 amide bonds. The molecule has 4 heteroatoms. The Morgan fingerprint density at radius 2 is 1.88 bits per heavy atom. The van der Waals surface area contributed by atoms with E-state index in [2.05, 4.69) is 5.32 Å². The lowest BCUT2D eigenvalue weighted by atomic mass is 10.2. The third-order valence-corrected chi connectivity index (χ3v) is 2.40. The maximum Gasteiger partial charge on any atom is 0.236 e. The number of anilines is 1. The van der Waals surface area contributed by atoms with Gasteiger partial charge in [-0.1, -0.05) is 25.1 Å². The van der Waals surface area contributed by atoms with Crippen LogP contribution in [0.1, 0.15) is 19.8 Å². The highest BCUT2D eigenvalue weighted by Gasteiger charge is 2.14. The highest BCUT2D eigenvalue weighted by atomic mass is 16.2. The van der Waals surface area contributed by atoms with Crippen LogP contribution in [0.15, 0.2) is 30.3 Å². The molecule has 4 nitrogen and oxygen atoms in total. The normalized spacial score (nSPS) is 9.76. The van der Waals surface area contributed by atoms with Gasteiger partial charge in [0.1, 0.15) is 6.42 Å². The number of benzene rings is 1. The Bertz CT molecular complexity index is 376. The van der Waals surface area contributed by atoms with Gasteiger partial charge in [0.15, 0.2) is 0 Å². The summed E-state index contributed by atoms with van der Waals surface area (Å²) in [5.74, 6) is -0.426. The number of nitrogens with zero attached hydrogens (tertiary/aromatic N) is 1. The molecule has 0 heterocycles. The minimum absolute atomic E-state index is 0.106. The van der Waals surface area contributed by atoms with Crippen LogP contribution in [0.5, 0.6) is 0 Å². The number of hydrogen-bond acceptors (Lipinski definition) is 2. The standard InChI is InChI=1S/C13H18N2O2/c1-3-9-14-12(16)10-13(17)15(2)11-7-5-4-6-8-11/h4-8H,3,9-10H2,1-2H3,(H,14,16). The monoisotopic (exact) mass is 234 g/mol. The van der Waals surface area contributed by atoms with Crippen LogP contribution in [0, 0.1) is 0 Å². The van der Waals surface area contributed by atoms with Gasteiger partial charge >= 0.3 is 0 Å². The van der Waals surface area contributed by atoms with Gasteiger partial charge < -0.3 is 10.2 Å². The molecular formula is C13H18N2O2. The SMILES string of the molecule is CCCNC(=O)CC(=O)N(C)c1ccccc1. The van der Waals surface area contributed by atoms with E-state index < -0.39 is 0 Å². The molecule has 92 valence electrons. The Morgan fingerprint density at radius 1 is 1.24 bits per heavy atom. The van der Waals surface area contributed by atoms with Gasteiger partial charge in [-0.3, -0.25) is 9.59 Å². The zero-order chi connectivity index (χ0) is 12.7. The molecule has 1 aromatic carbocycles. The summed E-state index contributed by atoms with van der Waals surface area (Å²) >= 11 is 0. The molecule has 0 aliphatic rings. The molecule has 0 spiro atoms. The first-order valence-electron chi connectivity index (χ1n) is 5.73. The van der Waals surface area contributed by atoms with Gasteiger partial charge in [0.25, 0.3) is 0 Å². The van der Waals surface area contributed by atoms with Crippen molar-refractivity contribution in [3.63, 3.8) is 0 Å². The predicted octanol–water partition coefficient (Wildman–Crippen LogP) is 1.57. The molecular weight excluding hydrogens is 216 g/mol. The second-order valence-electron chi connectivity index (χ2n) is 3.82. The maximum absolute atomic E-state index is 11.8. The molecule has 0 atom stereocenters. The van der Waals surface area contributed by atoms with Crippen molar-refractivity contribution in [1.29, 1.82) is 0 Å². The zero-order valence-corrected chi connectivity index (χ0v) is 10.3. The summed E-state index contributed by atoms with van der Waals surface area (Å²) in [5.41, 5.74) is 0.792. The summed E-state index contributed by atoms with van der Waals surface area (Å²) < 4.78 is 0. The molecule has 0 aromatic heterocycles. The van der Waals surface area contributed by atoms with Crippen LogP contribution in [0.4, 0.5) is 5.69 Å². The topological polar surface area (TPSA) is 49.4 Å². The fourth-order valence-electron chi connectivity index (χ4n) is 1.38. The van der Waals surface area contributed by atoms with Crippen molar-refractivity contribution in [2.45, 2.75) is 19.8 Å². The summed E-state index contributed by atoms with van der Waals surface area (Å²) in [5, 5.41) is 2.68.